The minimum absolute atomic E-state index is 0.225. The summed E-state index contributed by atoms with van der Waals surface area (Å²) >= 11 is 0. The zero-order valence-corrected chi connectivity index (χ0v) is 24.7. The molecule has 0 radical (unpaired) electrons. The summed E-state index contributed by atoms with van der Waals surface area (Å²) in [6.07, 6.45) is 1.90. The van der Waals surface area contributed by atoms with E-state index in [9.17, 15) is 9.59 Å². The minimum atomic E-state index is -0.652. The second kappa shape index (κ2) is 14.2. The van der Waals surface area contributed by atoms with E-state index in [1.807, 2.05) is 72.4 Å². The lowest BCUT2D eigenvalue weighted by molar-refractivity contribution is -0.142. The molecule has 9 heteroatoms. The Kier molecular flexibility index (Phi) is 10.2. The molecule has 1 atom stereocenters. The SMILES string of the molecule is COC(=O)CN(C(=O)Oc1ccc(OC)cc1)C(CC(C)C)c1ccc(OCc2cn(C)c(-c3ccccc3)n2)cc1. The molecule has 0 bridgehead atoms. The highest BCUT2D eigenvalue weighted by molar-refractivity contribution is 5.79. The number of ether oxygens (including phenoxy) is 4. The lowest BCUT2D eigenvalue weighted by Crippen LogP contribution is -2.41. The van der Waals surface area contributed by atoms with Gasteiger partial charge in [0.2, 0.25) is 0 Å². The summed E-state index contributed by atoms with van der Waals surface area (Å²) in [6, 6.07) is 23.8. The number of nitrogens with zero attached hydrogens (tertiary/aromatic N) is 3. The number of carbonyl (C=O) groups excluding carboxylic acids is 2. The summed E-state index contributed by atoms with van der Waals surface area (Å²) in [5.74, 6) is 2.19. The molecule has 1 aromatic heterocycles. The quantitative estimate of drug-likeness (QED) is 0.181. The van der Waals surface area contributed by atoms with Crippen LogP contribution < -0.4 is 14.2 Å². The minimum Gasteiger partial charge on any atom is -0.497 e. The van der Waals surface area contributed by atoms with Gasteiger partial charge in [-0.2, -0.15) is 0 Å². The van der Waals surface area contributed by atoms with E-state index in [0.29, 0.717) is 30.3 Å². The molecule has 1 amide bonds. The number of hydrogen-bond donors (Lipinski definition) is 0. The van der Waals surface area contributed by atoms with Crippen LogP contribution in [-0.4, -0.2) is 47.3 Å². The molecule has 0 spiro atoms. The average Bonchev–Trinajstić information content (AvgIpc) is 3.38. The molecule has 42 heavy (non-hydrogen) atoms. The van der Waals surface area contributed by atoms with Gasteiger partial charge in [0.25, 0.3) is 0 Å². The van der Waals surface area contributed by atoms with Gasteiger partial charge in [0, 0.05) is 18.8 Å². The van der Waals surface area contributed by atoms with Crippen LogP contribution in [-0.2, 0) is 23.2 Å². The Bertz CT molecular complexity index is 1450. The molecule has 0 aliphatic rings. The first-order valence-electron chi connectivity index (χ1n) is 13.8. The van der Waals surface area contributed by atoms with E-state index in [1.165, 1.54) is 12.0 Å². The van der Waals surface area contributed by atoms with Crippen LogP contribution in [0.15, 0.2) is 85.1 Å². The highest BCUT2D eigenvalue weighted by Crippen LogP contribution is 2.31. The van der Waals surface area contributed by atoms with Gasteiger partial charge in [0.1, 0.15) is 36.2 Å². The maximum Gasteiger partial charge on any atom is 0.416 e. The molecular weight excluding hydrogens is 534 g/mol. The second-order valence-corrected chi connectivity index (χ2v) is 10.3. The Morgan fingerprint density at radius 3 is 2.14 bits per heavy atom. The fourth-order valence-corrected chi connectivity index (χ4v) is 4.60. The van der Waals surface area contributed by atoms with Crippen LogP contribution in [0, 0.1) is 5.92 Å². The van der Waals surface area contributed by atoms with E-state index < -0.39 is 18.1 Å². The van der Waals surface area contributed by atoms with Crippen molar-refractivity contribution < 1.29 is 28.5 Å². The van der Waals surface area contributed by atoms with Crippen molar-refractivity contribution in [2.75, 3.05) is 20.8 Å². The van der Waals surface area contributed by atoms with Crippen LogP contribution in [0.1, 0.15) is 37.6 Å². The van der Waals surface area contributed by atoms with Crippen molar-refractivity contribution in [3.63, 3.8) is 0 Å². The highest BCUT2D eigenvalue weighted by atomic mass is 16.6. The lowest BCUT2D eigenvalue weighted by atomic mass is 9.95. The van der Waals surface area contributed by atoms with E-state index in [1.54, 1.807) is 31.4 Å². The normalized spacial score (nSPS) is 11.6. The fraction of sp³-hybridized carbons (Fsp3) is 0.303. The maximum atomic E-state index is 13.4. The van der Waals surface area contributed by atoms with Gasteiger partial charge in [0.15, 0.2) is 0 Å². The number of rotatable bonds is 12. The molecule has 1 heterocycles. The monoisotopic (exact) mass is 571 g/mol. The van der Waals surface area contributed by atoms with Crippen molar-refractivity contribution in [2.24, 2.45) is 13.0 Å². The predicted octanol–water partition coefficient (Wildman–Crippen LogP) is 6.44. The van der Waals surface area contributed by atoms with Crippen LogP contribution in [0.25, 0.3) is 11.4 Å². The van der Waals surface area contributed by atoms with Crippen LogP contribution in [0.3, 0.4) is 0 Å². The fourth-order valence-electron chi connectivity index (χ4n) is 4.60. The zero-order valence-electron chi connectivity index (χ0n) is 24.7. The Labute approximate surface area is 246 Å². The number of amides is 1. The molecule has 0 aliphatic heterocycles. The molecular formula is C33H37N3O6. The molecule has 0 aliphatic carbocycles. The third-order valence-corrected chi connectivity index (χ3v) is 6.71. The van der Waals surface area contributed by atoms with Crippen molar-refractivity contribution in [3.8, 4) is 28.6 Å². The van der Waals surface area contributed by atoms with E-state index in [-0.39, 0.29) is 12.5 Å². The first-order valence-corrected chi connectivity index (χ1v) is 13.8. The summed E-state index contributed by atoms with van der Waals surface area (Å²) in [4.78, 5) is 31.9. The van der Waals surface area contributed by atoms with Crippen LogP contribution in [0.2, 0.25) is 0 Å². The molecule has 4 rings (SSSR count). The number of carbonyl (C=O) groups is 2. The molecule has 0 N–H and O–H groups in total. The Morgan fingerprint density at radius 2 is 1.52 bits per heavy atom. The van der Waals surface area contributed by atoms with Crippen LogP contribution in [0.4, 0.5) is 4.79 Å². The van der Waals surface area contributed by atoms with Gasteiger partial charge in [-0.05, 0) is 54.3 Å². The molecule has 9 nitrogen and oxygen atoms in total. The summed E-state index contributed by atoms with van der Waals surface area (Å²) in [5, 5.41) is 0. The van der Waals surface area contributed by atoms with Gasteiger partial charge in [-0.3, -0.25) is 9.69 Å². The number of aryl methyl sites for hydroxylation is 1. The predicted molar refractivity (Wildman–Crippen MR) is 159 cm³/mol. The van der Waals surface area contributed by atoms with Gasteiger partial charge in [-0.1, -0.05) is 56.3 Å². The van der Waals surface area contributed by atoms with Crippen molar-refractivity contribution in [1.29, 1.82) is 0 Å². The number of benzene rings is 3. The number of hydrogen-bond acceptors (Lipinski definition) is 7. The highest BCUT2D eigenvalue weighted by Gasteiger charge is 2.30. The number of imidazole rings is 1. The van der Waals surface area contributed by atoms with Crippen molar-refractivity contribution in [1.82, 2.24) is 14.5 Å². The lowest BCUT2D eigenvalue weighted by Gasteiger charge is -2.31. The van der Waals surface area contributed by atoms with E-state index in [4.69, 9.17) is 23.9 Å². The number of aromatic nitrogens is 2. The van der Waals surface area contributed by atoms with Gasteiger partial charge in [-0.15, -0.1) is 0 Å². The largest absolute Gasteiger partial charge is 0.497 e. The summed E-state index contributed by atoms with van der Waals surface area (Å²) in [6.45, 7) is 4.17. The molecule has 4 aromatic rings. The van der Waals surface area contributed by atoms with E-state index in [2.05, 4.69) is 13.8 Å². The Morgan fingerprint density at radius 1 is 0.881 bits per heavy atom. The van der Waals surface area contributed by atoms with E-state index in [0.717, 1.165) is 22.6 Å². The Balaban J connectivity index is 1.50. The zero-order chi connectivity index (χ0) is 30.1. The maximum absolute atomic E-state index is 13.4. The second-order valence-electron chi connectivity index (χ2n) is 10.3. The number of methoxy groups -OCH3 is 2. The molecule has 0 saturated heterocycles. The van der Waals surface area contributed by atoms with Crippen molar-refractivity contribution in [2.45, 2.75) is 32.9 Å². The molecule has 1 unspecified atom stereocenters. The third kappa shape index (κ3) is 7.90. The van der Waals surface area contributed by atoms with Crippen molar-refractivity contribution >= 4 is 12.1 Å². The number of esters is 1. The summed E-state index contributed by atoms with van der Waals surface area (Å²) < 4.78 is 23.7. The average molecular weight is 572 g/mol. The van der Waals surface area contributed by atoms with Gasteiger partial charge < -0.3 is 23.5 Å². The van der Waals surface area contributed by atoms with Gasteiger partial charge in [0.05, 0.1) is 26.0 Å². The van der Waals surface area contributed by atoms with Gasteiger partial charge in [-0.25, -0.2) is 9.78 Å². The summed E-state index contributed by atoms with van der Waals surface area (Å²) in [5.41, 5.74) is 2.69. The standard InChI is InChI=1S/C33H37N3O6/c1-23(2)19-30(36(21-31(37)40-5)33(38)42-29-17-15-27(39-4)16-18-29)24-11-13-28(14-12-24)41-22-26-20-35(3)32(34-26)25-9-7-6-8-10-25/h6-18,20,23,30H,19,21-22H2,1-5H3. The Hall–Kier alpha value is -4.79. The van der Waals surface area contributed by atoms with E-state index >= 15 is 0 Å². The first kappa shape index (κ1) is 30.2. The molecule has 0 fully saturated rings. The molecule has 220 valence electrons. The van der Waals surface area contributed by atoms with Gasteiger partial charge >= 0.3 is 12.1 Å². The first-order chi connectivity index (χ1) is 20.3. The van der Waals surface area contributed by atoms with Crippen molar-refractivity contribution in [3.05, 3.63) is 96.3 Å². The molecule has 3 aromatic carbocycles. The third-order valence-electron chi connectivity index (χ3n) is 6.71. The summed E-state index contributed by atoms with van der Waals surface area (Å²) in [7, 11) is 4.82. The van der Waals surface area contributed by atoms with Crippen LogP contribution >= 0.6 is 0 Å². The van der Waals surface area contributed by atoms with Crippen LogP contribution in [0.5, 0.6) is 17.2 Å². The topological polar surface area (TPSA) is 92.1 Å². The molecule has 0 saturated carbocycles. The smallest absolute Gasteiger partial charge is 0.416 e.